The number of hydrogen-bond donors (Lipinski definition) is 1. The SMILES string of the molecule is CN1CCc2nc(NC(=O)C3CCCC3)sc2C1. The monoisotopic (exact) mass is 265 g/mol. The maximum absolute atomic E-state index is 12.0. The van der Waals surface area contributed by atoms with Crippen molar-refractivity contribution in [1.29, 1.82) is 0 Å². The molecule has 98 valence electrons. The number of rotatable bonds is 2. The van der Waals surface area contributed by atoms with E-state index < -0.39 is 0 Å². The lowest BCUT2D eigenvalue weighted by molar-refractivity contribution is -0.119. The van der Waals surface area contributed by atoms with Crippen LogP contribution in [-0.2, 0) is 17.8 Å². The molecule has 1 amide bonds. The summed E-state index contributed by atoms with van der Waals surface area (Å²) in [4.78, 5) is 20.2. The topological polar surface area (TPSA) is 45.2 Å². The highest BCUT2D eigenvalue weighted by Gasteiger charge is 2.24. The molecular weight excluding hydrogens is 246 g/mol. The second-order valence-corrected chi connectivity index (χ2v) is 6.43. The summed E-state index contributed by atoms with van der Waals surface area (Å²) in [7, 11) is 2.12. The van der Waals surface area contributed by atoms with E-state index in [1.54, 1.807) is 11.3 Å². The number of carbonyl (C=O) groups is 1. The Balaban J connectivity index is 1.68. The molecule has 1 aliphatic carbocycles. The van der Waals surface area contributed by atoms with Gasteiger partial charge in [0.15, 0.2) is 5.13 Å². The van der Waals surface area contributed by atoms with E-state index in [1.165, 1.54) is 23.4 Å². The van der Waals surface area contributed by atoms with Gasteiger partial charge in [-0.25, -0.2) is 4.98 Å². The molecule has 0 unspecified atom stereocenters. The molecule has 2 aliphatic rings. The third-order valence-electron chi connectivity index (χ3n) is 3.88. The Kier molecular flexibility index (Phi) is 3.35. The van der Waals surface area contributed by atoms with Crippen molar-refractivity contribution in [2.45, 2.75) is 38.6 Å². The number of carbonyl (C=O) groups excluding carboxylic acids is 1. The Hall–Kier alpha value is -0.940. The summed E-state index contributed by atoms with van der Waals surface area (Å²) in [6, 6.07) is 0. The first kappa shape index (κ1) is 12.1. The largest absolute Gasteiger partial charge is 0.302 e. The van der Waals surface area contributed by atoms with Gasteiger partial charge in [-0.2, -0.15) is 0 Å². The molecule has 1 saturated carbocycles. The van der Waals surface area contributed by atoms with Gasteiger partial charge < -0.3 is 10.2 Å². The zero-order valence-electron chi connectivity index (χ0n) is 10.7. The first-order valence-corrected chi connectivity index (χ1v) is 7.52. The number of hydrogen-bond acceptors (Lipinski definition) is 4. The highest BCUT2D eigenvalue weighted by Crippen LogP contribution is 2.30. The zero-order chi connectivity index (χ0) is 12.5. The molecule has 4 nitrogen and oxygen atoms in total. The van der Waals surface area contributed by atoms with Gasteiger partial charge in [0.25, 0.3) is 0 Å². The first-order valence-electron chi connectivity index (χ1n) is 6.70. The van der Waals surface area contributed by atoms with Crippen molar-refractivity contribution in [2.24, 2.45) is 5.92 Å². The molecule has 1 N–H and O–H groups in total. The van der Waals surface area contributed by atoms with Gasteiger partial charge in [-0.3, -0.25) is 4.79 Å². The van der Waals surface area contributed by atoms with Crippen LogP contribution in [0.3, 0.4) is 0 Å². The summed E-state index contributed by atoms with van der Waals surface area (Å²) >= 11 is 1.64. The second-order valence-electron chi connectivity index (χ2n) is 5.35. The van der Waals surface area contributed by atoms with Crippen molar-refractivity contribution in [3.8, 4) is 0 Å². The minimum atomic E-state index is 0.173. The molecular formula is C13H19N3OS. The lowest BCUT2D eigenvalue weighted by Gasteiger charge is -2.20. The van der Waals surface area contributed by atoms with Crippen LogP contribution in [0.15, 0.2) is 0 Å². The molecule has 0 bridgehead atoms. The summed E-state index contributed by atoms with van der Waals surface area (Å²) in [6.45, 7) is 2.03. The average Bonchev–Trinajstić information content (AvgIpc) is 2.95. The predicted molar refractivity (Wildman–Crippen MR) is 72.7 cm³/mol. The van der Waals surface area contributed by atoms with Crippen LogP contribution in [-0.4, -0.2) is 29.4 Å². The number of fused-ring (bicyclic) bond motifs is 1. The van der Waals surface area contributed by atoms with E-state index in [4.69, 9.17) is 0 Å². The summed E-state index contributed by atoms with van der Waals surface area (Å²) < 4.78 is 0. The summed E-state index contributed by atoms with van der Waals surface area (Å²) in [5, 5.41) is 3.80. The lowest BCUT2D eigenvalue weighted by Crippen LogP contribution is -2.25. The van der Waals surface area contributed by atoms with Crippen molar-refractivity contribution in [2.75, 3.05) is 18.9 Å². The zero-order valence-corrected chi connectivity index (χ0v) is 11.6. The highest BCUT2D eigenvalue weighted by atomic mass is 32.1. The average molecular weight is 265 g/mol. The minimum absolute atomic E-state index is 0.173. The molecule has 0 radical (unpaired) electrons. The molecule has 18 heavy (non-hydrogen) atoms. The van der Waals surface area contributed by atoms with Gasteiger partial charge >= 0.3 is 0 Å². The minimum Gasteiger partial charge on any atom is -0.302 e. The smallest absolute Gasteiger partial charge is 0.229 e. The number of anilines is 1. The van der Waals surface area contributed by atoms with Gasteiger partial charge in [-0.05, 0) is 19.9 Å². The Morgan fingerprint density at radius 1 is 1.44 bits per heavy atom. The number of aromatic nitrogens is 1. The van der Waals surface area contributed by atoms with Gasteiger partial charge in [0, 0.05) is 30.3 Å². The maximum atomic E-state index is 12.0. The van der Waals surface area contributed by atoms with Crippen LogP contribution < -0.4 is 5.32 Å². The molecule has 2 heterocycles. The fourth-order valence-corrected chi connectivity index (χ4v) is 3.86. The van der Waals surface area contributed by atoms with Gasteiger partial charge in [0.05, 0.1) is 5.69 Å². The lowest BCUT2D eigenvalue weighted by atomic mass is 10.1. The number of nitrogens with zero attached hydrogens (tertiary/aromatic N) is 2. The van der Waals surface area contributed by atoms with Crippen LogP contribution in [0.25, 0.3) is 0 Å². The molecule has 1 aromatic heterocycles. The molecule has 1 aromatic rings. The Labute approximate surface area is 111 Å². The standard InChI is InChI=1S/C13H19N3OS/c1-16-7-6-10-11(8-16)18-13(14-10)15-12(17)9-4-2-3-5-9/h9H,2-8H2,1H3,(H,14,15,17). The third-order valence-corrected chi connectivity index (χ3v) is 4.88. The van der Waals surface area contributed by atoms with E-state index in [0.717, 1.165) is 37.5 Å². The van der Waals surface area contributed by atoms with Crippen LogP contribution >= 0.6 is 11.3 Å². The first-order chi connectivity index (χ1) is 8.72. The van der Waals surface area contributed by atoms with E-state index in [-0.39, 0.29) is 11.8 Å². The Bertz CT molecular complexity index is 451. The van der Waals surface area contributed by atoms with Crippen molar-refractivity contribution in [1.82, 2.24) is 9.88 Å². The van der Waals surface area contributed by atoms with Crippen molar-refractivity contribution in [3.63, 3.8) is 0 Å². The molecule has 0 aromatic carbocycles. The number of nitrogens with one attached hydrogen (secondary N) is 1. The van der Waals surface area contributed by atoms with Crippen molar-refractivity contribution in [3.05, 3.63) is 10.6 Å². The fraction of sp³-hybridized carbons (Fsp3) is 0.692. The quantitative estimate of drug-likeness (QED) is 0.892. The van der Waals surface area contributed by atoms with Crippen LogP contribution in [0.1, 0.15) is 36.3 Å². The highest BCUT2D eigenvalue weighted by molar-refractivity contribution is 7.15. The van der Waals surface area contributed by atoms with Gasteiger partial charge in [-0.1, -0.05) is 12.8 Å². The van der Waals surface area contributed by atoms with E-state index >= 15 is 0 Å². The van der Waals surface area contributed by atoms with E-state index in [9.17, 15) is 4.79 Å². The molecule has 5 heteroatoms. The summed E-state index contributed by atoms with van der Waals surface area (Å²) in [5.41, 5.74) is 1.18. The van der Waals surface area contributed by atoms with Crippen LogP contribution in [0.5, 0.6) is 0 Å². The molecule has 0 spiro atoms. The third kappa shape index (κ3) is 2.42. The van der Waals surface area contributed by atoms with E-state index in [1.807, 2.05) is 0 Å². The molecule has 1 fully saturated rings. The fourth-order valence-electron chi connectivity index (χ4n) is 2.77. The normalized spacial score (nSPS) is 20.9. The van der Waals surface area contributed by atoms with E-state index in [2.05, 4.69) is 22.2 Å². The van der Waals surface area contributed by atoms with Gasteiger partial charge in [0.2, 0.25) is 5.91 Å². The molecule has 1 aliphatic heterocycles. The van der Waals surface area contributed by atoms with Gasteiger partial charge in [0.1, 0.15) is 0 Å². The molecule has 3 rings (SSSR count). The molecule has 0 atom stereocenters. The maximum Gasteiger partial charge on any atom is 0.229 e. The number of amides is 1. The van der Waals surface area contributed by atoms with Crippen molar-refractivity contribution >= 4 is 22.4 Å². The van der Waals surface area contributed by atoms with Gasteiger partial charge in [-0.15, -0.1) is 11.3 Å². The van der Waals surface area contributed by atoms with Crippen LogP contribution in [0.2, 0.25) is 0 Å². The van der Waals surface area contributed by atoms with Crippen molar-refractivity contribution < 1.29 is 4.79 Å². The Morgan fingerprint density at radius 3 is 3.00 bits per heavy atom. The van der Waals surface area contributed by atoms with Crippen LogP contribution in [0, 0.1) is 5.92 Å². The second kappa shape index (κ2) is 4.97. The molecule has 0 saturated heterocycles. The van der Waals surface area contributed by atoms with E-state index in [0.29, 0.717) is 0 Å². The number of thiazole rings is 1. The summed E-state index contributed by atoms with van der Waals surface area (Å²) in [6.07, 6.45) is 5.47. The Morgan fingerprint density at radius 2 is 2.22 bits per heavy atom. The summed E-state index contributed by atoms with van der Waals surface area (Å²) in [5.74, 6) is 0.389. The van der Waals surface area contributed by atoms with Crippen LogP contribution in [0.4, 0.5) is 5.13 Å². The predicted octanol–water partition coefficient (Wildman–Crippen LogP) is 2.26. The number of likely N-dealkylation sites (N-methyl/N-ethyl adjacent to an activating group) is 1.